The highest BCUT2D eigenvalue weighted by Crippen LogP contribution is 2.29. The van der Waals surface area contributed by atoms with Crippen LogP contribution in [-0.4, -0.2) is 84.3 Å². The van der Waals surface area contributed by atoms with Gasteiger partial charge in [0.2, 0.25) is 23.5 Å². The highest BCUT2D eigenvalue weighted by atomic mass is 19.4. The Hall–Kier alpha value is -3.65. The number of hydrogen-bond acceptors (Lipinski definition) is 6. The molecule has 12 nitrogen and oxygen atoms in total. The molecule has 0 radical (unpaired) electrons. The van der Waals surface area contributed by atoms with Crippen LogP contribution in [0.1, 0.15) is 47.0 Å². The Morgan fingerprint density at radius 3 is 2.21 bits per heavy atom. The van der Waals surface area contributed by atoms with Crippen molar-refractivity contribution in [3.8, 4) is 0 Å². The zero-order chi connectivity index (χ0) is 30.1. The molecule has 1 rings (SSSR count). The Bertz CT molecular complexity index is 965. The van der Waals surface area contributed by atoms with E-state index in [1.165, 1.54) is 11.0 Å². The van der Waals surface area contributed by atoms with Crippen molar-refractivity contribution in [3.63, 3.8) is 0 Å². The second-order valence-electron chi connectivity index (χ2n) is 10.5. The molecule has 1 aliphatic rings. The number of carbonyl (C=O) groups excluding carboxylic acids is 6. The molecule has 220 valence electrons. The Morgan fingerprint density at radius 2 is 1.69 bits per heavy atom. The molecule has 1 heterocycles. The van der Waals surface area contributed by atoms with Gasteiger partial charge in [0.05, 0.1) is 12.6 Å². The number of likely N-dealkylation sites (tertiary alicyclic amines) is 1. The van der Waals surface area contributed by atoms with E-state index in [0.29, 0.717) is 0 Å². The molecule has 4 unspecified atom stereocenters. The van der Waals surface area contributed by atoms with E-state index in [-0.39, 0.29) is 25.4 Å². The minimum Gasteiger partial charge on any atom is -0.368 e. The van der Waals surface area contributed by atoms with Gasteiger partial charge in [0.1, 0.15) is 12.1 Å². The van der Waals surface area contributed by atoms with Gasteiger partial charge in [0.15, 0.2) is 0 Å². The maximum absolute atomic E-state index is 13.6. The van der Waals surface area contributed by atoms with Crippen LogP contribution in [-0.2, 0) is 24.0 Å². The molecule has 1 saturated heterocycles. The number of carbonyl (C=O) groups is 6. The molecule has 39 heavy (non-hydrogen) atoms. The summed E-state index contributed by atoms with van der Waals surface area (Å²) in [6.45, 7) is 9.61. The first kappa shape index (κ1) is 33.4. The van der Waals surface area contributed by atoms with Gasteiger partial charge < -0.3 is 31.9 Å². The second kappa shape index (κ2) is 13.9. The summed E-state index contributed by atoms with van der Waals surface area (Å²) in [7, 11) is 0. The third-order valence-electron chi connectivity index (χ3n) is 5.89. The smallest absolute Gasteiger partial charge is 0.368 e. The zero-order valence-electron chi connectivity index (χ0n) is 22.4. The lowest BCUT2D eigenvalue weighted by Gasteiger charge is -2.35. The summed E-state index contributed by atoms with van der Waals surface area (Å²) < 4.78 is 38.7. The van der Waals surface area contributed by atoms with Gasteiger partial charge in [-0.3, -0.25) is 24.0 Å². The van der Waals surface area contributed by atoms with Gasteiger partial charge in [0.25, 0.3) is 5.91 Å². The standard InChI is InChI=1S/C24H37F3N6O6/c1-6-9-29-20(37)17(35)14(7-8-24(25,26)27)31-19(36)15-10-13(2)12-33(15)21(38)18(23(3,4)5)32-22(39)30-11-16(28)34/h6,13-15,18H,1,7-12H2,2-5H3,(H2,28,34)(H,29,37)(H,31,36)(H2,30,32,39). The first-order chi connectivity index (χ1) is 17.9. The number of nitrogens with zero attached hydrogens (tertiary/aromatic N) is 1. The minimum absolute atomic E-state index is 0.0923. The molecule has 0 aromatic rings. The van der Waals surface area contributed by atoms with E-state index in [1.54, 1.807) is 27.7 Å². The summed E-state index contributed by atoms with van der Waals surface area (Å²) in [4.78, 5) is 75.9. The predicted molar refractivity (Wildman–Crippen MR) is 134 cm³/mol. The Kier molecular flexibility index (Phi) is 11.9. The summed E-state index contributed by atoms with van der Waals surface area (Å²) in [6.07, 6.45) is -5.56. The van der Waals surface area contributed by atoms with Crippen molar-refractivity contribution in [2.75, 3.05) is 19.6 Å². The molecule has 0 aromatic heterocycles. The Labute approximate surface area is 224 Å². The molecule has 0 saturated carbocycles. The number of Topliss-reactive ketones (excluding diaryl/α,β-unsaturated/α-hetero) is 1. The number of ketones is 1. The second-order valence-corrected chi connectivity index (χ2v) is 10.5. The maximum Gasteiger partial charge on any atom is 0.389 e. The number of nitrogens with two attached hydrogens (primary N) is 1. The van der Waals surface area contributed by atoms with Crippen molar-refractivity contribution in [2.45, 2.75) is 71.3 Å². The van der Waals surface area contributed by atoms with Gasteiger partial charge in [-0.1, -0.05) is 33.8 Å². The lowest BCUT2D eigenvalue weighted by Crippen LogP contribution is -2.60. The van der Waals surface area contributed by atoms with E-state index in [1.807, 2.05) is 0 Å². The van der Waals surface area contributed by atoms with Crippen molar-refractivity contribution in [3.05, 3.63) is 12.7 Å². The summed E-state index contributed by atoms with van der Waals surface area (Å²) in [5.74, 6) is -5.01. The zero-order valence-corrected chi connectivity index (χ0v) is 22.4. The van der Waals surface area contributed by atoms with Crippen LogP contribution in [0, 0.1) is 11.3 Å². The lowest BCUT2D eigenvalue weighted by molar-refractivity contribution is -0.147. The monoisotopic (exact) mass is 562 g/mol. The lowest BCUT2D eigenvalue weighted by atomic mass is 9.85. The molecule has 1 aliphatic heterocycles. The normalized spacial score (nSPS) is 18.9. The van der Waals surface area contributed by atoms with Gasteiger partial charge >= 0.3 is 12.2 Å². The molecule has 0 bridgehead atoms. The van der Waals surface area contributed by atoms with E-state index < -0.39 is 84.5 Å². The van der Waals surface area contributed by atoms with Crippen LogP contribution in [0.15, 0.2) is 12.7 Å². The van der Waals surface area contributed by atoms with Crippen LogP contribution < -0.4 is 27.0 Å². The number of urea groups is 1. The third kappa shape index (κ3) is 10.9. The quantitative estimate of drug-likeness (QED) is 0.166. The molecular formula is C24H37F3N6O6. The Morgan fingerprint density at radius 1 is 1.08 bits per heavy atom. The minimum atomic E-state index is -4.65. The van der Waals surface area contributed by atoms with E-state index in [4.69, 9.17) is 5.73 Å². The van der Waals surface area contributed by atoms with Crippen LogP contribution in [0.3, 0.4) is 0 Å². The molecule has 6 N–H and O–H groups in total. The molecule has 1 fully saturated rings. The van der Waals surface area contributed by atoms with E-state index in [2.05, 4.69) is 27.8 Å². The number of hydrogen-bond donors (Lipinski definition) is 5. The topological polar surface area (TPSA) is 180 Å². The van der Waals surface area contributed by atoms with Crippen molar-refractivity contribution in [1.29, 1.82) is 0 Å². The number of alkyl halides is 3. The number of primary amides is 1. The fourth-order valence-corrected chi connectivity index (χ4v) is 3.96. The fraction of sp³-hybridized carbons (Fsp3) is 0.667. The van der Waals surface area contributed by atoms with Crippen LogP contribution in [0.2, 0.25) is 0 Å². The summed E-state index contributed by atoms with van der Waals surface area (Å²) in [5, 5.41) is 9.09. The van der Waals surface area contributed by atoms with Gasteiger partial charge in [-0.25, -0.2) is 4.79 Å². The van der Waals surface area contributed by atoms with Gasteiger partial charge in [-0.15, -0.1) is 6.58 Å². The molecule has 0 aliphatic carbocycles. The first-order valence-electron chi connectivity index (χ1n) is 12.3. The Balaban J connectivity index is 3.17. The molecule has 0 aromatic carbocycles. The average molecular weight is 563 g/mol. The number of halogens is 3. The number of nitrogens with one attached hydrogen (secondary N) is 4. The largest absolute Gasteiger partial charge is 0.389 e. The van der Waals surface area contributed by atoms with Gasteiger partial charge in [-0.05, 0) is 24.2 Å². The van der Waals surface area contributed by atoms with Crippen LogP contribution in [0.25, 0.3) is 0 Å². The average Bonchev–Trinajstić information content (AvgIpc) is 3.21. The van der Waals surface area contributed by atoms with Crippen LogP contribution in [0.5, 0.6) is 0 Å². The van der Waals surface area contributed by atoms with Crippen LogP contribution >= 0.6 is 0 Å². The highest BCUT2D eigenvalue weighted by molar-refractivity contribution is 6.38. The summed E-state index contributed by atoms with van der Waals surface area (Å²) >= 11 is 0. The van der Waals surface area contributed by atoms with E-state index in [9.17, 15) is 41.9 Å². The van der Waals surface area contributed by atoms with Gasteiger partial charge in [-0.2, -0.15) is 13.2 Å². The number of rotatable bonds is 12. The fourth-order valence-electron chi connectivity index (χ4n) is 3.96. The molecule has 4 atom stereocenters. The van der Waals surface area contributed by atoms with E-state index in [0.717, 1.165) is 0 Å². The SMILES string of the molecule is C=CCNC(=O)C(=O)C(CCC(F)(F)F)NC(=O)C1CC(C)CN1C(=O)C(NC(=O)NCC(N)=O)C(C)(C)C. The molecule has 15 heteroatoms. The third-order valence-corrected chi connectivity index (χ3v) is 5.89. The number of amides is 6. The van der Waals surface area contributed by atoms with Crippen LogP contribution in [0.4, 0.5) is 18.0 Å². The predicted octanol–water partition coefficient (Wildman–Crippen LogP) is 0.121. The maximum atomic E-state index is 13.6. The van der Waals surface area contributed by atoms with Crippen molar-refractivity contribution >= 4 is 35.4 Å². The van der Waals surface area contributed by atoms with Crippen molar-refractivity contribution < 1.29 is 41.9 Å². The highest BCUT2D eigenvalue weighted by Gasteiger charge is 2.45. The summed E-state index contributed by atoms with van der Waals surface area (Å²) in [6, 6.07) is -4.98. The van der Waals surface area contributed by atoms with Gasteiger partial charge in [0, 0.05) is 19.5 Å². The molecule has 0 spiro atoms. The molecule has 6 amide bonds. The van der Waals surface area contributed by atoms with Crippen molar-refractivity contribution in [2.24, 2.45) is 17.1 Å². The van der Waals surface area contributed by atoms with E-state index >= 15 is 0 Å². The summed E-state index contributed by atoms with van der Waals surface area (Å²) in [5.41, 5.74) is 4.16. The first-order valence-corrected chi connectivity index (χ1v) is 12.3. The molecular weight excluding hydrogens is 525 g/mol. The van der Waals surface area contributed by atoms with Crippen molar-refractivity contribution in [1.82, 2.24) is 26.2 Å².